The van der Waals surface area contributed by atoms with Crippen LogP contribution in [0.1, 0.15) is 5.69 Å². The van der Waals surface area contributed by atoms with Crippen molar-refractivity contribution in [1.82, 2.24) is 24.8 Å². The van der Waals surface area contributed by atoms with Gasteiger partial charge in [0.2, 0.25) is 17.7 Å². The van der Waals surface area contributed by atoms with E-state index in [1.54, 1.807) is 26.5 Å². The second-order valence-electron chi connectivity index (χ2n) is 6.44. The molecule has 0 amide bonds. The average molecular weight is 417 g/mol. The number of methoxy groups -OCH3 is 2. The van der Waals surface area contributed by atoms with Gasteiger partial charge in [0.1, 0.15) is 4.90 Å². The van der Waals surface area contributed by atoms with Gasteiger partial charge in [0.05, 0.1) is 26.3 Å². The molecule has 0 radical (unpaired) electrons. The van der Waals surface area contributed by atoms with Gasteiger partial charge < -0.3 is 19.3 Å². The van der Waals surface area contributed by atoms with Gasteiger partial charge in [-0.15, -0.1) is 0 Å². The molecule has 1 aliphatic heterocycles. The van der Waals surface area contributed by atoms with E-state index < -0.39 is 0 Å². The van der Waals surface area contributed by atoms with Crippen LogP contribution in [0.15, 0.2) is 35.0 Å². The van der Waals surface area contributed by atoms with E-state index in [4.69, 9.17) is 9.47 Å². The number of ketones is 1. The first kappa shape index (κ1) is 21.0. The number of rotatable bonds is 8. The third kappa shape index (κ3) is 5.21. The summed E-state index contributed by atoms with van der Waals surface area (Å²) in [6.07, 6.45) is 3.07. The number of hydrogen-bond acceptors (Lipinski definition) is 10. The molecule has 0 atom stereocenters. The van der Waals surface area contributed by atoms with Crippen LogP contribution < -0.4 is 14.4 Å². The molecular formula is C19H24N6O3S. The Morgan fingerprint density at radius 1 is 1.17 bits per heavy atom. The van der Waals surface area contributed by atoms with Crippen molar-refractivity contribution in [3.8, 4) is 11.8 Å². The molecule has 1 saturated heterocycles. The number of carbonyl (C=O) groups excluding carboxylic acids is 1. The standard InChI is InChI=1S/C19H24N6O3S/c1-5-14(26)12-13-6-7-20-19(21-13)29-15-16(27-3)22-18(23-17(15)28-4)25-10-8-24(2)9-11-25/h5-7H,1,8-12H2,2-4H3. The second-order valence-corrected chi connectivity index (χ2v) is 7.42. The monoisotopic (exact) mass is 416 g/mol. The summed E-state index contributed by atoms with van der Waals surface area (Å²) in [5, 5.41) is 0.451. The predicted octanol–water partition coefficient (Wildman–Crippen LogP) is 1.48. The first-order valence-corrected chi connectivity index (χ1v) is 9.94. The lowest BCUT2D eigenvalue weighted by atomic mass is 10.2. The quantitative estimate of drug-likeness (QED) is 0.465. The van der Waals surface area contributed by atoms with Crippen LogP contribution in [-0.2, 0) is 11.2 Å². The van der Waals surface area contributed by atoms with E-state index in [2.05, 4.69) is 43.4 Å². The molecule has 3 heterocycles. The molecule has 0 aromatic carbocycles. The molecule has 29 heavy (non-hydrogen) atoms. The van der Waals surface area contributed by atoms with Gasteiger partial charge in [0, 0.05) is 32.4 Å². The Morgan fingerprint density at radius 3 is 2.41 bits per heavy atom. The molecule has 154 valence electrons. The summed E-state index contributed by atoms with van der Waals surface area (Å²) in [4.78, 5) is 34.4. The Bertz CT molecular complexity index is 861. The molecule has 0 spiro atoms. The topological polar surface area (TPSA) is 93.6 Å². The van der Waals surface area contributed by atoms with Crippen LogP contribution in [0.25, 0.3) is 0 Å². The minimum atomic E-state index is -0.102. The highest BCUT2D eigenvalue weighted by molar-refractivity contribution is 7.99. The molecule has 0 bridgehead atoms. The van der Waals surface area contributed by atoms with Gasteiger partial charge in [-0.1, -0.05) is 6.58 Å². The van der Waals surface area contributed by atoms with Crippen LogP contribution in [0.2, 0.25) is 0 Å². The number of likely N-dealkylation sites (N-methyl/N-ethyl adjacent to an activating group) is 1. The average Bonchev–Trinajstić information content (AvgIpc) is 2.74. The highest BCUT2D eigenvalue weighted by atomic mass is 32.2. The van der Waals surface area contributed by atoms with E-state index >= 15 is 0 Å². The van der Waals surface area contributed by atoms with Crippen molar-refractivity contribution in [2.75, 3.05) is 52.3 Å². The van der Waals surface area contributed by atoms with E-state index in [9.17, 15) is 4.79 Å². The van der Waals surface area contributed by atoms with Gasteiger partial charge in [0.25, 0.3) is 0 Å². The van der Waals surface area contributed by atoms with E-state index in [0.717, 1.165) is 26.2 Å². The summed E-state index contributed by atoms with van der Waals surface area (Å²) in [5.74, 6) is 1.26. The zero-order valence-corrected chi connectivity index (χ0v) is 17.6. The summed E-state index contributed by atoms with van der Waals surface area (Å²) in [6, 6.07) is 1.70. The van der Waals surface area contributed by atoms with E-state index in [1.807, 2.05) is 0 Å². The lowest BCUT2D eigenvalue weighted by Gasteiger charge is -2.32. The lowest BCUT2D eigenvalue weighted by Crippen LogP contribution is -2.45. The number of allylic oxidation sites excluding steroid dienone is 1. The van der Waals surface area contributed by atoms with Crippen molar-refractivity contribution in [2.45, 2.75) is 16.5 Å². The van der Waals surface area contributed by atoms with E-state index in [-0.39, 0.29) is 12.2 Å². The number of nitrogens with zero attached hydrogens (tertiary/aromatic N) is 6. The highest BCUT2D eigenvalue weighted by Gasteiger charge is 2.23. The molecule has 9 nitrogen and oxygen atoms in total. The normalized spacial score (nSPS) is 14.5. The van der Waals surface area contributed by atoms with Crippen LogP contribution in [0.3, 0.4) is 0 Å². The molecule has 2 aromatic heterocycles. The van der Waals surface area contributed by atoms with Crippen molar-refractivity contribution in [1.29, 1.82) is 0 Å². The zero-order valence-electron chi connectivity index (χ0n) is 16.8. The lowest BCUT2D eigenvalue weighted by molar-refractivity contribution is -0.114. The van der Waals surface area contributed by atoms with Gasteiger partial charge in [-0.2, -0.15) is 9.97 Å². The smallest absolute Gasteiger partial charge is 0.236 e. The largest absolute Gasteiger partial charge is 0.480 e. The fourth-order valence-electron chi connectivity index (χ4n) is 2.78. The number of ether oxygens (including phenoxy) is 2. The van der Waals surface area contributed by atoms with Crippen molar-refractivity contribution < 1.29 is 14.3 Å². The second kappa shape index (κ2) is 9.66. The number of anilines is 1. The van der Waals surface area contributed by atoms with Crippen LogP contribution in [0, 0.1) is 0 Å². The first-order valence-electron chi connectivity index (χ1n) is 9.12. The molecule has 1 fully saturated rings. The third-order valence-electron chi connectivity index (χ3n) is 4.43. The SMILES string of the molecule is C=CC(=O)Cc1ccnc(Sc2c(OC)nc(N3CCN(C)CC3)nc2OC)n1. The molecule has 0 unspecified atom stereocenters. The number of aromatic nitrogens is 4. The summed E-state index contributed by atoms with van der Waals surface area (Å²) >= 11 is 1.23. The van der Waals surface area contributed by atoms with Gasteiger partial charge in [0.15, 0.2) is 10.9 Å². The molecule has 1 aliphatic rings. The van der Waals surface area contributed by atoms with E-state index in [0.29, 0.717) is 33.5 Å². The van der Waals surface area contributed by atoms with Crippen LogP contribution in [0.4, 0.5) is 5.95 Å². The van der Waals surface area contributed by atoms with Crippen molar-refractivity contribution in [3.05, 3.63) is 30.6 Å². The molecule has 0 aliphatic carbocycles. The van der Waals surface area contributed by atoms with Gasteiger partial charge in [-0.3, -0.25) is 4.79 Å². The Hall–Kier alpha value is -2.72. The fraction of sp³-hybridized carbons (Fsp3) is 0.421. The minimum absolute atomic E-state index is 0.102. The molecule has 2 aromatic rings. The van der Waals surface area contributed by atoms with Crippen molar-refractivity contribution >= 4 is 23.5 Å². The maximum atomic E-state index is 11.6. The van der Waals surface area contributed by atoms with Crippen LogP contribution >= 0.6 is 11.8 Å². The third-order valence-corrected chi connectivity index (χ3v) is 5.36. The molecule has 3 rings (SSSR count). The molecule has 0 N–H and O–H groups in total. The van der Waals surface area contributed by atoms with Crippen LogP contribution in [-0.4, -0.2) is 78.1 Å². The van der Waals surface area contributed by atoms with Gasteiger partial charge >= 0.3 is 0 Å². The minimum Gasteiger partial charge on any atom is -0.480 e. The number of piperazine rings is 1. The van der Waals surface area contributed by atoms with Gasteiger partial charge in [-0.05, 0) is 31.0 Å². The maximum Gasteiger partial charge on any atom is 0.236 e. The maximum absolute atomic E-state index is 11.6. The fourth-order valence-corrected chi connectivity index (χ4v) is 3.67. The zero-order chi connectivity index (χ0) is 20.8. The Balaban J connectivity index is 1.88. The molecule has 0 saturated carbocycles. The number of carbonyl (C=O) groups is 1. The van der Waals surface area contributed by atoms with Crippen molar-refractivity contribution in [2.24, 2.45) is 0 Å². The predicted molar refractivity (Wildman–Crippen MR) is 110 cm³/mol. The summed E-state index contributed by atoms with van der Waals surface area (Å²) in [6.45, 7) is 7.03. The van der Waals surface area contributed by atoms with Gasteiger partial charge in [-0.25, -0.2) is 9.97 Å². The number of hydrogen-bond donors (Lipinski definition) is 0. The first-order chi connectivity index (χ1) is 14.0. The van der Waals surface area contributed by atoms with Crippen molar-refractivity contribution in [3.63, 3.8) is 0 Å². The summed E-state index contributed by atoms with van der Waals surface area (Å²) in [7, 11) is 5.20. The molecule has 10 heteroatoms. The molecular weight excluding hydrogens is 392 g/mol. The summed E-state index contributed by atoms with van der Waals surface area (Å²) < 4.78 is 11.0. The Kier molecular flexibility index (Phi) is 6.99. The summed E-state index contributed by atoms with van der Waals surface area (Å²) in [5.41, 5.74) is 0.611. The van der Waals surface area contributed by atoms with Crippen LogP contribution in [0.5, 0.6) is 11.8 Å². The van der Waals surface area contributed by atoms with E-state index in [1.165, 1.54) is 17.8 Å². The highest BCUT2D eigenvalue weighted by Crippen LogP contribution is 2.39. The Morgan fingerprint density at radius 2 is 1.83 bits per heavy atom. The Labute approximate surface area is 174 Å².